The first-order chi connectivity index (χ1) is 6.93. The standard InChI is InChI=1S/C11H23NO2/c1-2-3-7-13-9-6-12-10-11-5-4-8-14-11/h11-12H,2-10H2,1H3. The Morgan fingerprint density at radius 2 is 2.36 bits per heavy atom. The molecule has 1 N–H and O–H groups in total. The molecule has 1 unspecified atom stereocenters. The largest absolute Gasteiger partial charge is 0.380 e. The molecule has 84 valence electrons. The van der Waals surface area contributed by atoms with Gasteiger partial charge in [0.25, 0.3) is 0 Å². The van der Waals surface area contributed by atoms with Crippen molar-refractivity contribution in [2.24, 2.45) is 0 Å². The van der Waals surface area contributed by atoms with Crippen LogP contribution in [0.15, 0.2) is 0 Å². The molecule has 14 heavy (non-hydrogen) atoms. The predicted octanol–water partition coefficient (Wildman–Crippen LogP) is 1.57. The molecule has 0 aliphatic carbocycles. The van der Waals surface area contributed by atoms with Crippen LogP contribution in [0.5, 0.6) is 0 Å². The highest BCUT2D eigenvalue weighted by Crippen LogP contribution is 2.10. The summed E-state index contributed by atoms with van der Waals surface area (Å²) in [5, 5.41) is 3.35. The Bertz CT molecular complexity index is 124. The molecule has 3 heteroatoms. The van der Waals surface area contributed by atoms with E-state index in [0.29, 0.717) is 6.10 Å². The van der Waals surface area contributed by atoms with E-state index in [-0.39, 0.29) is 0 Å². The van der Waals surface area contributed by atoms with Gasteiger partial charge in [0.2, 0.25) is 0 Å². The van der Waals surface area contributed by atoms with Crippen LogP contribution in [0.4, 0.5) is 0 Å². The van der Waals surface area contributed by atoms with E-state index in [0.717, 1.165) is 32.9 Å². The second-order valence-electron chi connectivity index (χ2n) is 3.81. The van der Waals surface area contributed by atoms with Crippen LogP contribution >= 0.6 is 0 Å². The Morgan fingerprint density at radius 3 is 3.07 bits per heavy atom. The van der Waals surface area contributed by atoms with Crippen molar-refractivity contribution in [1.29, 1.82) is 0 Å². The highest BCUT2D eigenvalue weighted by molar-refractivity contribution is 4.66. The lowest BCUT2D eigenvalue weighted by Crippen LogP contribution is -2.29. The summed E-state index contributed by atoms with van der Waals surface area (Å²) in [7, 11) is 0. The Balaban J connectivity index is 1.75. The highest BCUT2D eigenvalue weighted by atomic mass is 16.5. The van der Waals surface area contributed by atoms with E-state index in [4.69, 9.17) is 9.47 Å². The minimum Gasteiger partial charge on any atom is -0.380 e. The number of hydrogen-bond acceptors (Lipinski definition) is 3. The van der Waals surface area contributed by atoms with Gasteiger partial charge in [-0.15, -0.1) is 0 Å². The van der Waals surface area contributed by atoms with Crippen LogP contribution in [-0.4, -0.2) is 39.0 Å². The van der Waals surface area contributed by atoms with E-state index in [9.17, 15) is 0 Å². The van der Waals surface area contributed by atoms with Crippen molar-refractivity contribution in [2.45, 2.75) is 38.7 Å². The third kappa shape index (κ3) is 5.58. The van der Waals surface area contributed by atoms with E-state index in [2.05, 4.69) is 12.2 Å². The van der Waals surface area contributed by atoms with Crippen LogP contribution in [0.2, 0.25) is 0 Å². The van der Waals surface area contributed by atoms with Crippen molar-refractivity contribution in [2.75, 3.05) is 32.9 Å². The highest BCUT2D eigenvalue weighted by Gasteiger charge is 2.13. The van der Waals surface area contributed by atoms with Crippen LogP contribution < -0.4 is 5.32 Å². The van der Waals surface area contributed by atoms with Crippen LogP contribution in [-0.2, 0) is 9.47 Å². The van der Waals surface area contributed by atoms with Crippen LogP contribution in [0.1, 0.15) is 32.6 Å². The van der Waals surface area contributed by atoms with Gasteiger partial charge < -0.3 is 14.8 Å². The fourth-order valence-electron chi connectivity index (χ4n) is 1.56. The summed E-state index contributed by atoms with van der Waals surface area (Å²) in [5.74, 6) is 0. The molecule has 1 saturated heterocycles. The van der Waals surface area contributed by atoms with Gasteiger partial charge in [0.1, 0.15) is 0 Å². The van der Waals surface area contributed by atoms with Crippen molar-refractivity contribution in [3.63, 3.8) is 0 Å². The molecule has 1 aliphatic heterocycles. The second-order valence-corrected chi connectivity index (χ2v) is 3.81. The van der Waals surface area contributed by atoms with E-state index in [1.54, 1.807) is 0 Å². The molecule has 1 fully saturated rings. The van der Waals surface area contributed by atoms with Crippen molar-refractivity contribution in [3.8, 4) is 0 Å². The quantitative estimate of drug-likeness (QED) is 0.605. The van der Waals surface area contributed by atoms with Gasteiger partial charge in [-0.3, -0.25) is 0 Å². The molecule has 0 aromatic rings. The molecule has 1 atom stereocenters. The van der Waals surface area contributed by atoms with Crippen molar-refractivity contribution >= 4 is 0 Å². The smallest absolute Gasteiger partial charge is 0.0700 e. The van der Waals surface area contributed by atoms with E-state index in [1.807, 2.05) is 0 Å². The fourth-order valence-corrected chi connectivity index (χ4v) is 1.56. The summed E-state index contributed by atoms with van der Waals surface area (Å²) < 4.78 is 10.9. The van der Waals surface area contributed by atoms with Crippen LogP contribution in [0.25, 0.3) is 0 Å². The molecular formula is C11H23NO2. The van der Waals surface area contributed by atoms with Gasteiger partial charge in [-0.25, -0.2) is 0 Å². The minimum absolute atomic E-state index is 0.450. The van der Waals surface area contributed by atoms with E-state index >= 15 is 0 Å². The maximum atomic E-state index is 5.49. The molecule has 1 aliphatic rings. The first-order valence-electron chi connectivity index (χ1n) is 5.83. The lowest BCUT2D eigenvalue weighted by Gasteiger charge is -2.10. The van der Waals surface area contributed by atoms with Gasteiger partial charge in [0.15, 0.2) is 0 Å². The van der Waals surface area contributed by atoms with Crippen molar-refractivity contribution < 1.29 is 9.47 Å². The van der Waals surface area contributed by atoms with Gasteiger partial charge in [0.05, 0.1) is 12.7 Å². The number of unbranched alkanes of at least 4 members (excludes halogenated alkanes) is 1. The lowest BCUT2D eigenvalue weighted by atomic mass is 10.2. The average Bonchev–Trinajstić information content (AvgIpc) is 2.69. The first kappa shape index (κ1) is 12.0. The lowest BCUT2D eigenvalue weighted by molar-refractivity contribution is 0.101. The summed E-state index contributed by atoms with van der Waals surface area (Å²) in [4.78, 5) is 0. The minimum atomic E-state index is 0.450. The Labute approximate surface area is 87.2 Å². The summed E-state index contributed by atoms with van der Waals surface area (Å²) in [6.45, 7) is 6.78. The van der Waals surface area contributed by atoms with Gasteiger partial charge in [-0.2, -0.15) is 0 Å². The SMILES string of the molecule is CCCCOCCNCC1CCCO1. The first-order valence-corrected chi connectivity index (χ1v) is 5.83. The molecular weight excluding hydrogens is 178 g/mol. The Kier molecular flexibility index (Phi) is 7.01. The molecule has 1 rings (SSSR count). The van der Waals surface area contributed by atoms with Crippen molar-refractivity contribution in [3.05, 3.63) is 0 Å². The van der Waals surface area contributed by atoms with Crippen LogP contribution in [0.3, 0.4) is 0 Å². The topological polar surface area (TPSA) is 30.5 Å². The van der Waals surface area contributed by atoms with Gasteiger partial charge in [-0.1, -0.05) is 13.3 Å². The molecule has 3 nitrogen and oxygen atoms in total. The number of ether oxygens (including phenoxy) is 2. The molecule has 0 saturated carbocycles. The zero-order valence-corrected chi connectivity index (χ0v) is 9.26. The van der Waals surface area contributed by atoms with Gasteiger partial charge in [0, 0.05) is 26.3 Å². The molecule has 0 aromatic carbocycles. The molecule has 0 radical (unpaired) electrons. The molecule has 0 spiro atoms. The van der Waals surface area contributed by atoms with Crippen molar-refractivity contribution in [1.82, 2.24) is 5.32 Å². The third-order valence-electron chi connectivity index (χ3n) is 2.46. The fraction of sp³-hybridized carbons (Fsp3) is 1.00. The molecule has 1 heterocycles. The molecule has 0 aromatic heterocycles. The number of rotatable bonds is 8. The Morgan fingerprint density at radius 1 is 1.43 bits per heavy atom. The maximum Gasteiger partial charge on any atom is 0.0700 e. The zero-order valence-electron chi connectivity index (χ0n) is 9.26. The normalized spacial score (nSPS) is 21.6. The summed E-state index contributed by atoms with van der Waals surface area (Å²) in [5.41, 5.74) is 0. The number of nitrogens with one attached hydrogen (secondary N) is 1. The zero-order chi connectivity index (χ0) is 10.1. The third-order valence-corrected chi connectivity index (χ3v) is 2.46. The predicted molar refractivity (Wildman–Crippen MR) is 57.6 cm³/mol. The molecule has 0 amide bonds. The Hall–Kier alpha value is -0.120. The van der Waals surface area contributed by atoms with Gasteiger partial charge in [-0.05, 0) is 19.3 Å². The van der Waals surface area contributed by atoms with Crippen LogP contribution in [0, 0.1) is 0 Å². The summed E-state index contributed by atoms with van der Waals surface area (Å²) >= 11 is 0. The monoisotopic (exact) mass is 201 g/mol. The second kappa shape index (κ2) is 8.21. The molecule has 0 bridgehead atoms. The summed E-state index contributed by atoms with van der Waals surface area (Å²) in [6.07, 6.45) is 5.27. The van der Waals surface area contributed by atoms with E-state index in [1.165, 1.54) is 25.7 Å². The average molecular weight is 201 g/mol. The van der Waals surface area contributed by atoms with E-state index < -0.39 is 0 Å². The summed E-state index contributed by atoms with van der Waals surface area (Å²) in [6, 6.07) is 0. The van der Waals surface area contributed by atoms with Gasteiger partial charge >= 0.3 is 0 Å². The maximum absolute atomic E-state index is 5.49. The number of hydrogen-bond donors (Lipinski definition) is 1.